The summed E-state index contributed by atoms with van der Waals surface area (Å²) in [6.07, 6.45) is 0.971. The van der Waals surface area contributed by atoms with Gasteiger partial charge in [-0.25, -0.2) is 0 Å². The average Bonchev–Trinajstić information content (AvgIpc) is 2.24. The number of carbonyl (C=O) groups is 1. The van der Waals surface area contributed by atoms with Gasteiger partial charge in [0.15, 0.2) is 0 Å². The smallest absolute Gasteiger partial charge is 0.252 e. The highest BCUT2D eigenvalue weighted by Crippen LogP contribution is 2.14. The Kier molecular flexibility index (Phi) is 5.29. The third kappa shape index (κ3) is 4.21. The number of rotatable bonds is 5. The number of benzene rings is 1. The molecule has 0 saturated heterocycles. The summed E-state index contributed by atoms with van der Waals surface area (Å²) in [5.74, 6) is -0.0978. The topological polar surface area (TPSA) is 33.5 Å². The summed E-state index contributed by atoms with van der Waals surface area (Å²) >= 11 is 5.92. The van der Waals surface area contributed by atoms with Gasteiger partial charge < -0.3 is 10.2 Å². The normalized spacial score (nSPS) is 10.5. The lowest BCUT2D eigenvalue weighted by Gasteiger charge is -2.08. The van der Waals surface area contributed by atoms with Gasteiger partial charge in [0.2, 0.25) is 0 Å². The van der Waals surface area contributed by atoms with Gasteiger partial charge in [-0.05, 0) is 12.1 Å². The first kappa shape index (κ1) is 13.0. The Hall–Kier alpha value is -1.06. The minimum absolute atomic E-state index is 0.0978. The van der Waals surface area contributed by atoms with Crippen molar-refractivity contribution >= 4 is 17.5 Å². The molecule has 16 heavy (non-hydrogen) atoms. The fourth-order valence-electron chi connectivity index (χ4n) is 1.38. The maximum atomic E-state index is 11.7. The van der Waals surface area contributed by atoms with E-state index >= 15 is 0 Å². The molecule has 0 aliphatic rings. The van der Waals surface area contributed by atoms with E-state index in [-0.39, 0.29) is 5.91 Å². The lowest BCUT2D eigenvalue weighted by molar-refractivity contribution is -0.858. The summed E-state index contributed by atoms with van der Waals surface area (Å²) in [5, 5.41) is 3.36. The molecule has 0 aliphatic carbocycles. The van der Waals surface area contributed by atoms with E-state index in [1.54, 1.807) is 12.1 Å². The van der Waals surface area contributed by atoms with Crippen molar-refractivity contribution in [2.24, 2.45) is 0 Å². The average molecular weight is 242 g/mol. The van der Waals surface area contributed by atoms with E-state index in [4.69, 9.17) is 11.6 Å². The van der Waals surface area contributed by atoms with E-state index in [1.807, 2.05) is 12.1 Å². The molecule has 1 rings (SSSR count). The molecule has 0 unspecified atom stereocenters. The number of nitrogens with one attached hydrogen (secondary N) is 2. The molecule has 1 aromatic carbocycles. The van der Waals surface area contributed by atoms with Gasteiger partial charge in [0.25, 0.3) is 5.91 Å². The fourth-order valence-corrected chi connectivity index (χ4v) is 1.61. The van der Waals surface area contributed by atoms with Crippen LogP contribution in [0.2, 0.25) is 5.02 Å². The van der Waals surface area contributed by atoms with E-state index < -0.39 is 0 Å². The van der Waals surface area contributed by atoms with Crippen LogP contribution in [-0.2, 0) is 0 Å². The summed E-state index contributed by atoms with van der Waals surface area (Å²) in [7, 11) is 4.19. The van der Waals surface area contributed by atoms with Crippen molar-refractivity contribution < 1.29 is 9.69 Å². The van der Waals surface area contributed by atoms with E-state index in [0.717, 1.165) is 13.0 Å². The molecule has 0 saturated carbocycles. The van der Waals surface area contributed by atoms with Crippen LogP contribution >= 0.6 is 11.6 Å². The zero-order valence-corrected chi connectivity index (χ0v) is 10.5. The van der Waals surface area contributed by atoms with Crippen molar-refractivity contribution in [2.75, 3.05) is 27.2 Å². The Labute approximate surface area is 101 Å². The van der Waals surface area contributed by atoms with E-state index in [1.165, 1.54) is 4.90 Å². The van der Waals surface area contributed by atoms with Crippen molar-refractivity contribution in [3.8, 4) is 0 Å². The van der Waals surface area contributed by atoms with Crippen LogP contribution in [0.1, 0.15) is 16.8 Å². The van der Waals surface area contributed by atoms with Crippen LogP contribution in [0.3, 0.4) is 0 Å². The molecular formula is C12H18ClN2O+. The number of hydrogen-bond donors (Lipinski definition) is 2. The molecule has 0 radical (unpaired) electrons. The van der Waals surface area contributed by atoms with Crippen LogP contribution in [0, 0.1) is 0 Å². The van der Waals surface area contributed by atoms with Crippen molar-refractivity contribution in [3.63, 3.8) is 0 Å². The highest BCUT2D eigenvalue weighted by Gasteiger charge is 2.08. The second-order valence-corrected chi connectivity index (χ2v) is 4.45. The Balaban J connectivity index is 2.39. The highest BCUT2D eigenvalue weighted by atomic mass is 35.5. The maximum Gasteiger partial charge on any atom is 0.252 e. The van der Waals surface area contributed by atoms with Gasteiger partial charge in [0.1, 0.15) is 0 Å². The molecule has 0 fully saturated rings. The summed E-state index contributed by atoms with van der Waals surface area (Å²) in [4.78, 5) is 13.1. The Bertz CT molecular complexity index is 353. The number of carbonyl (C=O) groups excluding carboxylic acids is 1. The maximum absolute atomic E-state index is 11.7. The molecule has 0 aliphatic heterocycles. The molecule has 1 aromatic rings. The molecular weight excluding hydrogens is 224 g/mol. The Morgan fingerprint density at radius 1 is 1.38 bits per heavy atom. The standard InChI is InChI=1S/C12H17ClN2O/c1-15(2)9-5-8-14-12(16)10-6-3-4-7-11(10)13/h3-4,6-7H,5,8-9H2,1-2H3,(H,14,16)/p+1. The molecule has 0 spiro atoms. The number of quaternary nitrogens is 1. The number of amides is 1. The van der Waals surface area contributed by atoms with Crippen LogP contribution in [0.5, 0.6) is 0 Å². The summed E-state index contributed by atoms with van der Waals surface area (Å²) < 4.78 is 0. The van der Waals surface area contributed by atoms with Gasteiger partial charge in [-0.15, -0.1) is 0 Å². The second-order valence-electron chi connectivity index (χ2n) is 4.05. The van der Waals surface area contributed by atoms with Gasteiger partial charge in [-0.2, -0.15) is 0 Å². The SMILES string of the molecule is C[NH+](C)CCCNC(=O)c1ccccc1Cl. The molecule has 88 valence electrons. The molecule has 0 heterocycles. The molecule has 0 atom stereocenters. The Morgan fingerprint density at radius 2 is 2.06 bits per heavy atom. The van der Waals surface area contributed by atoms with E-state index in [0.29, 0.717) is 17.1 Å². The van der Waals surface area contributed by atoms with Crippen LogP contribution < -0.4 is 10.2 Å². The molecule has 1 amide bonds. The first-order chi connectivity index (χ1) is 7.61. The van der Waals surface area contributed by atoms with Crippen molar-refractivity contribution in [3.05, 3.63) is 34.9 Å². The summed E-state index contributed by atoms with van der Waals surface area (Å²) in [6.45, 7) is 1.73. The number of hydrogen-bond acceptors (Lipinski definition) is 1. The molecule has 2 N–H and O–H groups in total. The first-order valence-electron chi connectivity index (χ1n) is 5.43. The van der Waals surface area contributed by atoms with Gasteiger partial charge >= 0.3 is 0 Å². The van der Waals surface area contributed by atoms with Crippen molar-refractivity contribution in [1.82, 2.24) is 5.32 Å². The monoisotopic (exact) mass is 241 g/mol. The third-order valence-electron chi connectivity index (χ3n) is 2.26. The first-order valence-corrected chi connectivity index (χ1v) is 5.81. The summed E-state index contributed by atoms with van der Waals surface area (Å²) in [5.41, 5.74) is 0.543. The predicted molar refractivity (Wildman–Crippen MR) is 66.1 cm³/mol. The lowest BCUT2D eigenvalue weighted by atomic mass is 10.2. The predicted octanol–water partition coefficient (Wildman–Crippen LogP) is 0.604. The van der Waals surface area contributed by atoms with Crippen LogP contribution in [-0.4, -0.2) is 33.1 Å². The molecule has 0 bridgehead atoms. The van der Waals surface area contributed by atoms with Gasteiger partial charge in [-0.1, -0.05) is 23.7 Å². The fraction of sp³-hybridized carbons (Fsp3) is 0.417. The summed E-state index contributed by atoms with van der Waals surface area (Å²) in [6, 6.07) is 7.08. The quantitative estimate of drug-likeness (QED) is 0.728. The van der Waals surface area contributed by atoms with Crippen LogP contribution in [0.25, 0.3) is 0 Å². The van der Waals surface area contributed by atoms with E-state index in [2.05, 4.69) is 19.4 Å². The molecule has 4 heteroatoms. The third-order valence-corrected chi connectivity index (χ3v) is 2.59. The van der Waals surface area contributed by atoms with E-state index in [9.17, 15) is 4.79 Å². The largest absolute Gasteiger partial charge is 0.352 e. The zero-order valence-electron chi connectivity index (χ0n) is 9.72. The van der Waals surface area contributed by atoms with Crippen molar-refractivity contribution in [2.45, 2.75) is 6.42 Å². The minimum atomic E-state index is -0.0978. The van der Waals surface area contributed by atoms with Gasteiger partial charge in [-0.3, -0.25) is 4.79 Å². The van der Waals surface area contributed by atoms with Gasteiger partial charge in [0, 0.05) is 13.0 Å². The van der Waals surface area contributed by atoms with Crippen LogP contribution in [0.4, 0.5) is 0 Å². The molecule has 3 nitrogen and oxygen atoms in total. The second kappa shape index (κ2) is 6.51. The lowest BCUT2D eigenvalue weighted by Crippen LogP contribution is -3.05. The van der Waals surface area contributed by atoms with Crippen molar-refractivity contribution in [1.29, 1.82) is 0 Å². The minimum Gasteiger partial charge on any atom is -0.352 e. The number of halogens is 1. The Morgan fingerprint density at radius 3 is 2.69 bits per heavy atom. The van der Waals surface area contributed by atoms with Gasteiger partial charge in [0.05, 0.1) is 31.2 Å². The van der Waals surface area contributed by atoms with Crippen LogP contribution in [0.15, 0.2) is 24.3 Å². The zero-order chi connectivity index (χ0) is 12.0. The molecule has 0 aromatic heterocycles. The highest BCUT2D eigenvalue weighted by molar-refractivity contribution is 6.33.